The number of unbranched alkanes of at least 4 members (excludes halogenated alkanes) is 1. The van der Waals surface area contributed by atoms with Crippen molar-refractivity contribution in [2.24, 2.45) is 0 Å². The van der Waals surface area contributed by atoms with E-state index in [1.54, 1.807) is 36.4 Å². The van der Waals surface area contributed by atoms with Gasteiger partial charge in [-0.2, -0.15) is 0 Å². The molecule has 0 unspecified atom stereocenters. The summed E-state index contributed by atoms with van der Waals surface area (Å²) < 4.78 is 5.04. The number of nitrogens with one attached hydrogen (secondary N) is 2. The Morgan fingerprint density at radius 1 is 1.05 bits per heavy atom. The third-order valence-electron chi connectivity index (χ3n) is 2.95. The maximum absolute atomic E-state index is 12.0. The number of furan rings is 1. The van der Waals surface area contributed by atoms with Crippen LogP contribution in [0.5, 0.6) is 0 Å². The molecule has 0 aliphatic rings. The van der Waals surface area contributed by atoms with Crippen molar-refractivity contribution < 1.29 is 14.0 Å². The normalized spacial score (nSPS) is 10.1. The highest BCUT2D eigenvalue weighted by molar-refractivity contribution is 6.05. The molecule has 21 heavy (non-hydrogen) atoms. The maximum atomic E-state index is 12.0. The van der Waals surface area contributed by atoms with Crippen LogP contribution in [0.25, 0.3) is 0 Å². The number of amides is 2. The van der Waals surface area contributed by atoms with E-state index >= 15 is 0 Å². The largest absolute Gasteiger partial charge is 0.459 e. The van der Waals surface area contributed by atoms with Crippen molar-refractivity contribution in [2.75, 3.05) is 10.6 Å². The van der Waals surface area contributed by atoms with E-state index in [-0.39, 0.29) is 17.6 Å². The Morgan fingerprint density at radius 2 is 1.76 bits per heavy atom. The van der Waals surface area contributed by atoms with Crippen LogP contribution in [-0.4, -0.2) is 11.8 Å². The van der Waals surface area contributed by atoms with Crippen molar-refractivity contribution in [2.45, 2.75) is 26.2 Å². The highest BCUT2D eigenvalue weighted by Crippen LogP contribution is 2.22. The molecule has 110 valence electrons. The van der Waals surface area contributed by atoms with Crippen LogP contribution < -0.4 is 10.6 Å². The lowest BCUT2D eigenvalue weighted by Crippen LogP contribution is -2.16. The molecule has 2 amide bonds. The molecule has 0 atom stereocenters. The van der Waals surface area contributed by atoms with Gasteiger partial charge in [-0.1, -0.05) is 25.5 Å². The number of carbonyl (C=O) groups is 2. The molecule has 0 saturated heterocycles. The average molecular weight is 286 g/mol. The van der Waals surface area contributed by atoms with Crippen LogP contribution in [0.15, 0.2) is 47.1 Å². The number of anilines is 2. The van der Waals surface area contributed by atoms with Crippen LogP contribution in [0.4, 0.5) is 11.4 Å². The van der Waals surface area contributed by atoms with Crippen LogP contribution in [0.3, 0.4) is 0 Å². The highest BCUT2D eigenvalue weighted by Gasteiger charge is 2.12. The van der Waals surface area contributed by atoms with Gasteiger partial charge < -0.3 is 15.1 Å². The van der Waals surface area contributed by atoms with Crippen molar-refractivity contribution in [3.63, 3.8) is 0 Å². The van der Waals surface area contributed by atoms with Crippen molar-refractivity contribution in [1.29, 1.82) is 0 Å². The average Bonchev–Trinajstić information content (AvgIpc) is 3.01. The van der Waals surface area contributed by atoms with Gasteiger partial charge in [0.25, 0.3) is 5.91 Å². The van der Waals surface area contributed by atoms with E-state index in [0.717, 1.165) is 12.8 Å². The van der Waals surface area contributed by atoms with Crippen LogP contribution >= 0.6 is 0 Å². The van der Waals surface area contributed by atoms with Crippen molar-refractivity contribution in [3.8, 4) is 0 Å². The fourth-order valence-electron chi connectivity index (χ4n) is 1.84. The maximum Gasteiger partial charge on any atom is 0.291 e. The van der Waals surface area contributed by atoms with E-state index in [0.29, 0.717) is 17.8 Å². The summed E-state index contributed by atoms with van der Waals surface area (Å²) in [5.41, 5.74) is 1.13. The summed E-state index contributed by atoms with van der Waals surface area (Å²) >= 11 is 0. The predicted molar refractivity (Wildman–Crippen MR) is 81.3 cm³/mol. The molecule has 0 aliphatic heterocycles. The molecular weight excluding hydrogens is 268 g/mol. The molecule has 0 fully saturated rings. The minimum atomic E-state index is -0.352. The van der Waals surface area contributed by atoms with Crippen molar-refractivity contribution >= 4 is 23.2 Å². The molecule has 2 N–H and O–H groups in total. The van der Waals surface area contributed by atoms with Gasteiger partial charge in [-0.15, -0.1) is 0 Å². The summed E-state index contributed by atoms with van der Waals surface area (Å²) in [4.78, 5) is 23.8. The third-order valence-corrected chi connectivity index (χ3v) is 2.95. The van der Waals surface area contributed by atoms with Gasteiger partial charge in [0.1, 0.15) is 0 Å². The first-order valence-corrected chi connectivity index (χ1v) is 6.94. The quantitative estimate of drug-likeness (QED) is 0.851. The number of benzene rings is 1. The predicted octanol–water partition coefficient (Wildman–Crippen LogP) is 3.66. The molecule has 0 spiro atoms. The van der Waals surface area contributed by atoms with Gasteiger partial charge in [-0.3, -0.25) is 9.59 Å². The van der Waals surface area contributed by atoms with Crippen LogP contribution in [-0.2, 0) is 4.79 Å². The van der Waals surface area contributed by atoms with Crippen LogP contribution in [0.2, 0.25) is 0 Å². The van der Waals surface area contributed by atoms with E-state index in [4.69, 9.17) is 4.42 Å². The summed E-state index contributed by atoms with van der Waals surface area (Å²) in [5, 5.41) is 5.54. The second-order valence-corrected chi connectivity index (χ2v) is 4.63. The SMILES string of the molecule is CCCCC(=O)Nc1ccccc1NC(=O)c1ccco1. The van der Waals surface area contributed by atoms with Crippen molar-refractivity contribution in [1.82, 2.24) is 0 Å². The van der Waals surface area contributed by atoms with Gasteiger partial charge >= 0.3 is 0 Å². The first kappa shape index (κ1) is 14.8. The zero-order valence-corrected chi connectivity index (χ0v) is 11.9. The minimum Gasteiger partial charge on any atom is -0.459 e. The smallest absolute Gasteiger partial charge is 0.291 e. The van der Waals surface area contributed by atoms with Gasteiger partial charge in [0, 0.05) is 6.42 Å². The summed E-state index contributed by atoms with van der Waals surface area (Å²) in [6.07, 6.45) is 3.71. The van der Waals surface area contributed by atoms with E-state index in [9.17, 15) is 9.59 Å². The number of rotatable bonds is 6. The number of hydrogen-bond acceptors (Lipinski definition) is 3. The summed E-state index contributed by atoms with van der Waals surface area (Å²) in [5.74, 6) is -0.186. The fourth-order valence-corrected chi connectivity index (χ4v) is 1.84. The van der Waals surface area contributed by atoms with Gasteiger partial charge in [0.15, 0.2) is 5.76 Å². The van der Waals surface area contributed by atoms with Crippen molar-refractivity contribution in [3.05, 3.63) is 48.4 Å². The summed E-state index contributed by atoms with van der Waals surface area (Å²) in [7, 11) is 0. The van der Waals surface area contributed by atoms with Crippen LogP contribution in [0, 0.1) is 0 Å². The zero-order chi connectivity index (χ0) is 15.1. The zero-order valence-electron chi connectivity index (χ0n) is 11.9. The fraction of sp³-hybridized carbons (Fsp3) is 0.250. The van der Waals surface area contributed by atoms with Gasteiger partial charge in [0.05, 0.1) is 17.6 Å². The Bertz CT molecular complexity index is 606. The Labute approximate surface area is 123 Å². The number of para-hydroxylation sites is 2. The molecule has 2 rings (SSSR count). The van der Waals surface area contributed by atoms with Gasteiger partial charge in [-0.05, 0) is 30.7 Å². The molecule has 2 aromatic rings. The topological polar surface area (TPSA) is 71.3 Å². The molecule has 0 bridgehead atoms. The lowest BCUT2D eigenvalue weighted by atomic mass is 10.2. The second-order valence-electron chi connectivity index (χ2n) is 4.63. The Balaban J connectivity index is 2.06. The Hall–Kier alpha value is -2.56. The van der Waals surface area contributed by atoms with E-state index in [1.807, 2.05) is 6.92 Å². The Morgan fingerprint density at radius 3 is 2.38 bits per heavy atom. The summed E-state index contributed by atoms with van der Waals surface area (Å²) in [6.45, 7) is 2.03. The molecule has 5 nitrogen and oxygen atoms in total. The molecule has 0 radical (unpaired) electrons. The molecule has 0 saturated carbocycles. The van der Waals surface area contributed by atoms with Gasteiger partial charge in [-0.25, -0.2) is 0 Å². The van der Waals surface area contributed by atoms with E-state index < -0.39 is 0 Å². The van der Waals surface area contributed by atoms with E-state index in [1.165, 1.54) is 6.26 Å². The molecule has 1 aromatic heterocycles. The molecule has 5 heteroatoms. The van der Waals surface area contributed by atoms with Crippen LogP contribution in [0.1, 0.15) is 36.7 Å². The minimum absolute atomic E-state index is 0.0588. The lowest BCUT2D eigenvalue weighted by Gasteiger charge is -2.11. The Kier molecular flexibility index (Phi) is 5.15. The summed E-state index contributed by atoms with van der Waals surface area (Å²) in [6, 6.07) is 10.3. The lowest BCUT2D eigenvalue weighted by molar-refractivity contribution is -0.116. The highest BCUT2D eigenvalue weighted by atomic mass is 16.3. The molecule has 0 aliphatic carbocycles. The van der Waals surface area contributed by atoms with Gasteiger partial charge in [0.2, 0.25) is 5.91 Å². The monoisotopic (exact) mass is 286 g/mol. The third kappa shape index (κ3) is 4.21. The molecular formula is C16H18N2O3. The number of hydrogen-bond donors (Lipinski definition) is 2. The molecule has 1 aromatic carbocycles. The number of carbonyl (C=O) groups excluding carboxylic acids is 2. The van der Waals surface area contributed by atoms with E-state index in [2.05, 4.69) is 10.6 Å². The second kappa shape index (κ2) is 7.28. The molecule has 1 heterocycles. The standard InChI is InChI=1S/C16H18N2O3/c1-2-3-10-15(19)17-12-7-4-5-8-13(12)18-16(20)14-9-6-11-21-14/h4-9,11H,2-3,10H2,1H3,(H,17,19)(H,18,20). The first-order valence-electron chi connectivity index (χ1n) is 6.94. The first-order chi connectivity index (χ1) is 10.2.